The lowest BCUT2D eigenvalue weighted by Crippen LogP contribution is -2.35. The van der Waals surface area contributed by atoms with Crippen LogP contribution in [0.5, 0.6) is 0 Å². The number of rotatable bonds is 3. The van der Waals surface area contributed by atoms with Crippen molar-refractivity contribution < 1.29 is 4.39 Å². The minimum Gasteiger partial charge on any atom is -0.385 e. The summed E-state index contributed by atoms with van der Waals surface area (Å²) in [5, 5.41) is 3.40. The SMILES string of the molecule is CN1CCCC(CNc2cc(Cl)c(F)c(Cl)c2)C1. The van der Waals surface area contributed by atoms with Gasteiger partial charge in [0.1, 0.15) is 0 Å². The van der Waals surface area contributed by atoms with Crippen molar-refractivity contribution in [2.45, 2.75) is 12.8 Å². The predicted molar refractivity (Wildman–Crippen MR) is 75.1 cm³/mol. The summed E-state index contributed by atoms with van der Waals surface area (Å²) in [6, 6.07) is 3.16. The summed E-state index contributed by atoms with van der Waals surface area (Å²) in [5.74, 6) is 0.0626. The first-order valence-corrected chi connectivity index (χ1v) is 6.89. The third kappa shape index (κ3) is 3.50. The fraction of sp³-hybridized carbons (Fsp3) is 0.538. The van der Waals surface area contributed by atoms with Gasteiger partial charge in [0.25, 0.3) is 0 Å². The van der Waals surface area contributed by atoms with Gasteiger partial charge in [-0.2, -0.15) is 0 Å². The number of halogens is 3. The van der Waals surface area contributed by atoms with Crippen molar-refractivity contribution in [1.82, 2.24) is 4.90 Å². The standard InChI is InChI=1S/C13H17Cl2FN2/c1-18-4-2-3-9(8-18)7-17-10-5-11(14)13(16)12(15)6-10/h5-6,9,17H,2-4,7-8H2,1H3. The molecule has 100 valence electrons. The molecule has 1 atom stereocenters. The van der Waals surface area contributed by atoms with Crippen LogP contribution in [0.15, 0.2) is 12.1 Å². The summed E-state index contributed by atoms with van der Waals surface area (Å²) < 4.78 is 13.3. The van der Waals surface area contributed by atoms with Crippen molar-refractivity contribution in [2.24, 2.45) is 5.92 Å². The van der Waals surface area contributed by atoms with Gasteiger partial charge < -0.3 is 10.2 Å². The highest BCUT2D eigenvalue weighted by Crippen LogP contribution is 2.27. The molecule has 0 aromatic heterocycles. The molecule has 18 heavy (non-hydrogen) atoms. The second-order valence-corrected chi connectivity index (χ2v) is 5.72. The second kappa shape index (κ2) is 6.09. The number of benzene rings is 1. The molecule has 0 aliphatic carbocycles. The summed E-state index contributed by atoms with van der Waals surface area (Å²) >= 11 is 11.5. The van der Waals surface area contributed by atoms with E-state index in [1.165, 1.54) is 19.4 Å². The molecular weight excluding hydrogens is 274 g/mol. The van der Waals surface area contributed by atoms with Crippen LogP contribution in [0, 0.1) is 11.7 Å². The number of nitrogens with zero attached hydrogens (tertiary/aromatic N) is 1. The van der Waals surface area contributed by atoms with Crippen LogP contribution in [0.25, 0.3) is 0 Å². The maximum atomic E-state index is 13.3. The van der Waals surface area contributed by atoms with Gasteiger partial charge in [0.05, 0.1) is 10.0 Å². The van der Waals surface area contributed by atoms with E-state index in [0.29, 0.717) is 5.92 Å². The van der Waals surface area contributed by atoms with Gasteiger partial charge in [-0.15, -0.1) is 0 Å². The normalized spacial score (nSPS) is 21.0. The van der Waals surface area contributed by atoms with Crippen LogP contribution in [-0.2, 0) is 0 Å². The zero-order valence-electron chi connectivity index (χ0n) is 10.3. The Morgan fingerprint density at radius 1 is 1.39 bits per heavy atom. The molecule has 0 bridgehead atoms. The highest BCUT2D eigenvalue weighted by atomic mass is 35.5. The third-order valence-corrected chi connectivity index (χ3v) is 3.85. The van der Waals surface area contributed by atoms with E-state index in [9.17, 15) is 4.39 Å². The number of piperidine rings is 1. The molecule has 2 rings (SSSR count). The number of anilines is 1. The second-order valence-electron chi connectivity index (χ2n) is 4.91. The Balaban J connectivity index is 1.94. The van der Waals surface area contributed by atoms with E-state index < -0.39 is 5.82 Å². The van der Waals surface area contributed by atoms with E-state index in [4.69, 9.17) is 23.2 Å². The molecule has 1 saturated heterocycles. The maximum Gasteiger partial charge on any atom is 0.160 e. The van der Waals surface area contributed by atoms with Crippen molar-refractivity contribution in [3.63, 3.8) is 0 Å². The van der Waals surface area contributed by atoms with Crippen molar-refractivity contribution in [3.05, 3.63) is 28.0 Å². The smallest absolute Gasteiger partial charge is 0.160 e. The predicted octanol–water partition coefficient (Wildman–Crippen LogP) is 3.89. The van der Waals surface area contributed by atoms with E-state index in [1.807, 2.05) is 0 Å². The summed E-state index contributed by atoms with van der Waals surface area (Å²) in [7, 11) is 2.14. The molecule has 0 saturated carbocycles. The fourth-order valence-corrected chi connectivity index (χ4v) is 2.85. The topological polar surface area (TPSA) is 15.3 Å². The Morgan fingerprint density at radius 2 is 2.06 bits per heavy atom. The largest absolute Gasteiger partial charge is 0.385 e. The summed E-state index contributed by atoms with van der Waals surface area (Å²) in [6.07, 6.45) is 2.45. The van der Waals surface area contributed by atoms with Gasteiger partial charge in [-0.05, 0) is 44.5 Å². The molecule has 1 fully saturated rings. The molecule has 1 unspecified atom stereocenters. The Kier molecular flexibility index (Phi) is 4.71. The molecule has 1 aromatic rings. The molecule has 1 aliphatic heterocycles. The number of nitrogens with one attached hydrogen (secondary N) is 1. The van der Waals surface area contributed by atoms with Gasteiger partial charge in [0.2, 0.25) is 0 Å². The lowest BCUT2D eigenvalue weighted by atomic mass is 9.98. The Labute approximate surface area is 117 Å². The molecular formula is C13H17Cl2FN2. The third-order valence-electron chi connectivity index (χ3n) is 3.30. The zero-order chi connectivity index (χ0) is 13.1. The molecule has 2 nitrogen and oxygen atoms in total. The minimum atomic E-state index is -0.554. The van der Waals surface area contributed by atoms with Crippen LogP contribution in [0.3, 0.4) is 0 Å². The molecule has 1 N–H and O–H groups in total. The van der Waals surface area contributed by atoms with E-state index >= 15 is 0 Å². The average Bonchev–Trinajstić information content (AvgIpc) is 2.33. The highest BCUT2D eigenvalue weighted by molar-refractivity contribution is 6.35. The first kappa shape index (κ1) is 13.9. The van der Waals surface area contributed by atoms with Crippen LogP contribution >= 0.6 is 23.2 Å². The first-order valence-electron chi connectivity index (χ1n) is 6.13. The van der Waals surface area contributed by atoms with E-state index in [1.54, 1.807) is 12.1 Å². The lowest BCUT2D eigenvalue weighted by molar-refractivity contribution is 0.217. The molecule has 0 amide bonds. The van der Waals surface area contributed by atoms with Crippen molar-refractivity contribution >= 4 is 28.9 Å². The fourth-order valence-electron chi connectivity index (χ4n) is 2.36. The van der Waals surface area contributed by atoms with Crippen LogP contribution in [0.2, 0.25) is 10.0 Å². The monoisotopic (exact) mass is 290 g/mol. The number of hydrogen-bond donors (Lipinski definition) is 1. The van der Waals surface area contributed by atoms with Gasteiger partial charge in [0, 0.05) is 18.8 Å². The van der Waals surface area contributed by atoms with Gasteiger partial charge in [0.15, 0.2) is 5.82 Å². The van der Waals surface area contributed by atoms with Crippen molar-refractivity contribution in [2.75, 3.05) is 32.0 Å². The Hall–Kier alpha value is -0.510. The molecule has 5 heteroatoms. The Bertz CT molecular complexity index is 402. The van der Waals surface area contributed by atoms with E-state index in [2.05, 4.69) is 17.3 Å². The summed E-state index contributed by atoms with van der Waals surface area (Å²) in [5.41, 5.74) is 0.777. The van der Waals surface area contributed by atoms with Gasteiger partial charge >= 0.3 is 0 Å². The average molecular weight is 291 g/mol. The van der Waals surface area contributed by atoms with Gasteiger partial charge in [-0.3, -0.25) is 0 Å². The maximum absolute atomic E-state index is 13.3. The quantitative estimate of drug-likeness (QED) is 0.850. The first-order chi connectivity index (χ1) is 8.56. The molecule has 1 heterocycles. The zero-order valence-corrected chi connectivity index (χ0v) is 11.9. The molecule has 0 radical (unpaired) electrons. The number of likely N-dealkylation sites (tertiary alicyclic amines) is 1. The van der Waals surface area contributed by atoms with Crippen molar-refractivity contribution in [3.8, 4) is 0 Å². The van der Waals surface area contributed by atoms with E-state index in [0.717, 1.165) is 18.8 Å². The lowest BCUT2D eigenvalue weighted by Gasteiger charge is -2.30. The van der Waals surface area contributed by atoms with Crippen LogP contribution < -0.4 is 5.32 Å². The summed E-state index contributed by atoms with van der Waals surface area (Å²) in [4.78, 5) is 2.33. The van der Waals surface area contributed by atoms with E-state index in [-0.39, 0.29) is 10.0 Å². The number of hydrogen-bond acceptors (Lipinski definition) is 2. The van der Waals surface area contributed by atoms with Crippen LogP contribution in [-0.4, -0.2) is 31.6 Å². The molecule has 1 aromatic carbocycles. The minimum absolute atomic E-state index is 0.0609. The molecule has 1 aliphatic rings. The molecule has 0 spiro atoms. The van der Waals surface area contributed by atoms with Gasteiger partial charge in [-0.1, -0.05) is 23.2 Å². The van der Waals surface area contributed by atoms with Crippen LogP contribution in [0.1, 0.15) is 12.8 Å². The highest BCUT2D eigenvalue weighted by Gasteiger charge is 2.17. The Morgan fingerprint density at radius 3 is 2.67 bits per heavy atom. The van der Waals surface area contributed by atoms with Crippen LogP contribution in [0.4, 0.5) is 10.1 Å². The van der Waals surface area contributed by atoms with Gasteiger partial charge in [-0.25, -0.2) is 4.39 Å². The van der Waals surface area contributed by atoms with Crippen molar-refractivity contribution in [1.29, 1.82) is 0 Å². The summed E-state index contributed by atoms with van der Waals surface area (Å²) in [6.45, 7) is 3.13.